The van der Waals surface area contributed by atoms with Crippen LogP contribution in [0.3, 0.4) is 0 Å². The summed E-state index contributed by atoms with van der Waals surface area (Å²) in [4.78, 5) is 29.0. The van der Waals surface area contributed by atoms with Crippen molar-refractivity contribution in [2.24, 2.45) is 0 Å². The van der Waals surface area contributed by atoms with Gasteiger partial charge < -0.3 is 14.9 Å². The maximum atomic E-state index is 13.5. The molecule has 1 aliphatic rings. The molecule has 0 unspecified atom stereocenters. The van der Waals surface area contributed by atoms with E-state index >= 15 is 0 Å². The molecular weight excluding hydrogens is 449 g/mol. The van der Waals surface area contributed by atoms with Crippen LogP contribution in [0.2, 0.25) is 0 Å². The molecule has 1 fully saturated rings. The van der Waals surface area contributed by atoms with Gasteiger partial charge in [0, 0.05) is 32.7 Å². The van der Waals surface area contributed by atoms with Crippen molar-refractivity contribution >= 4 is 27.5 Å². The molecule has 0 aromatic heterocycles. The Hall–Kier alpha value is -3.08. The van der Waals surface area contributed by atoms with Crippen LogP contribution in [0.15, 0.2) is 59.0 Å². The number of aliphatic hydroxyl groups excluding tert-OH is 1. The summed E-state index contributed by atoms with van der Waals surface area (Å²) in [6.07, 6.45) is 0. The van der Waals surface area contributed by atoms with Crippen molar-refractivity contribution in [3.05, 3.63) is 71.0 Å². The first kappa shape index (κ1) is 24.6. The van der Waals surface area contributed by atoms with Gasteiger partial charge in [0.15, 0.2) is 0 Å². The number of amides is 1. The Morgan fingerprint density at radius 2 is 1.58 bits per heavy atom. The molecule has 0 bridgehead atoms. The van der Waals surface area contributed by atoms with Crippen LogP contribution in [0.1, 0.15) is 17.2 Å². The molecule has 10 heteroatoms. The van der Waals surface area contributed by atoms with E-state index in [4.69, 9.17) is 0 Å². The lowest BCUT2D eigenvalue weighted by Gasteiger charge is -2.26. The van der Waals surface area contributed by atoms with Crippen LogP contribution < -0.4 is 0 Å². The van der Waals surface area contributed by atoms with E-state index in [9.17, 15) is 27.5 Å². The number of Topliss-reactive ketones (excluding diaryl/α,β-unsaturated/α-hetero) is 1. The average Bonchev–Trinajstić information content (AvgIpc) is 3.02. The van der Waals surface area contributed by atoms with Crippen molar-refractivity contribution in [3.63, 3.8) is 0 Å². The Balaban J connectivity index is 2.11. The van der Waals surface area contributed by atoms with E-state index in [-0.39, 0.29) is 22.6 Å². The minimum absolute atomic E-state index is 0.0190. The average molecular weight is 476 g/mol. The smallest absolute Gasteiger partial charge is 0.295 e. The molecule has 8 nitrogen and oxygen atoms in total. The number of likely N-dealkylation sites (tertiary alicyclic amines) is 1. The van der Waals surface area contributed by atoms with E-state index in [0.717, 1.165) is 4.31 Å². The van der Waals surface area contributed by atoms with Gasteiger partial charge in [0.05, 0.1) is 16.5 Å². The Morgan fingerprint density at radius 3 is 2.09 bits per heavy atom. The highest BCUT2D eigenvalue weighted by Gasteiger charge is 2.45. The minimum Gasteiger partial charge on any atom is -0.507 e. The van der Waals surface area contributed by atoms with Crippen LogP contribution in [-0.4, -0.2) is 80.6 Å². The standard InChI is InChI=1S/C23H26FN3O5S/c1-25(2)13-14-27-20(15-5-9-17(24)10-6-15)19(22(29)23(27)30)21(28)16-7-11-18(12-8-16)33(31,32)26(3)4/h5-12,20,28H,13-14H2,1-4H3/t20-/m1/s1. The largest absolute Gasteiger partial charge is 0.507 e. The van der Waals surface area contributed by atoms with Crippen molar-refractivity contribution in [2.75, 3.05) is 41.3 Å². The zero-order chi connectivity index (χ0) is 24.5. The van der Waals surface area contributed by atoms with Gasteiger partial charge in [-0.15, -0.1) is 0 Å². The summed E-state index contributed by atoms with van der Waals surface area (Å²) in [7, 11) is 2.79. The molecule has 2 aromatic rings. The van der Waals surface area contributed by atoms with Gasteiger partial charge in [0.2, 0.25) is 10.0 Å². The summed E-state index contributed by atoms with van der Waals surface area (Å²) in [5.74, 6) is -2.52. The first-order valence-electron chi connectivity index (χ1n) is 10.2. The summed E-state index contributed by atoms with van der Waals surface area (Å²) in [5, 5.41) is 11.0. The van der Waals surface area contributed by atoms with Crippen LogP contribution in [0.25, 0.3) is 5.76 Å². The molecule has 1 amide bonds. The highest BCUT2D eigenvalue weighted by Crippen LogP contribution is 2.39. The second-order valence-corrected chi connectivity index (χ2v) is 10.3. The van der Waals surface area contributed by atoms with E-state index in [1.165, 1.54) is 67.5 Å². The third-order valence-electron chi connectivity index (χ3n) is 5.42. The van der Waals surface area contributed by atoms with Crippen molar-refractivity contribution in [1.82, 2.24) is 14.1 Å². The number of carbonyl (C=O) groups excluding carboxylic acids is 2. The molecule has 1 N–H and O–H groups in total. The molecule has 33 heavy (non-hydrogen) atoms. The quantitative estimate of drug-likeness (QED) is 0.374. The number of aliphatic hydroxyl groups is 1. The van der Waals surface area contributed by atoms with Gasteiger partial charge in [0.1, 0.15) is 11.6 Å². The zero-order valence-electron chi connectivity index (χ0n) is 18.8. The first-order valence-corrected chi connectivity index (χ1v) is 11.6. The molecule has 3 rings (SSSR count). The fourth-order valence-electron chi connectivity index (χ4n) is 3.56. The highest BCUT2D eigenvalue weighted by molar-refractivity contribution is 7.89. The van der Waals surface area contributed by atoms with E-state index in [2.05, 4.69) is 0 Å². The lowest BCUT2D eigenvalue weighted by Crippen LogP contribution is -2.35. The summed E-state index contributed by atoms with van der Waals surface area (Å²) < 4.78 is 39.2. The molecule has 176 valence electrons. The molecule has 0 radical (unpaired) electrons. The first-order chi connectivity index (χ1) is 15.4. The van der Waals surface area contributed by atoms with E-state index in [1.54, 1.807) is 0 Å². The highest BCUT2D eigenvalue weighted by atomic mass is 32.2. The van der Waals surface area contributed by atoms with Gasteiger partial charge in [-0.05, 0) is 56.1 Å². The SMILES string of the molecule is CN(C)CCN1C(=O)C(=O)C(=C(O)c2ccc(S(=O)(=O)N(C)C)cc2)[C@H]1c1ccc(F)cc1. The van der Waals surface area contributed by atoms with Gasteiger partial charge in [-0.2, -0.15) is 0 Å². The van der Waals surface area contributed by atoms with Gasteiger partial charge in [-0.3, -0.25) is 9.59 Å². The second kappa shape index (κ2) is 9.42. The van der Waals surface area contributed by atoms with E-state index < -0.39 is 39.3 Å². The predicted molar refractivity (Wildman–Crippen MR) is 121 cm³/mol. The summed E-state index contributed by atoms with van der Waals surface area (Å²) >= 11 is 0. The number of halogens is 1. The zero-order valence-corrected chi connectivity index (χ0v) is 19.6. The number of hydrogen-bond acceptors (Lipinski definition) is 6. The number of ketones is 1. The lowest BCUT2D eigenvalue weighted by molar-refractivity contribution is -0.140. The maximum Gasteiger partial charge on any atom is 0.295 e. The minimum atomic E-state index is -3.67. The fourth-order valence-corrected chi connectivity index (χ4v) is 4.46. The van der Waals surface area contributed by atoms with E-state index in [1.807, 2.05) is 19.0 Å². The van der Waals surface area contributed by atoms with Crippen molar-refractivity contribution in [1.29, 1.82) is 0 Å². The van der Waals surface area contributed by atoms with Crippen molar-refractivity contribution < 1.29 is 27.5 Å². The number of rotatable bonds is 7. The van der Waals surface area contributed by atoms with Crippen molar-refractivity contribution in [2.45, 2.75) is 10.9 Å². The Labute approximate surface area is 192 Å². The van der Waals surface area contributed by atoms with Crippen LogP contribution in [0, 0.1) is 5.82 Å². The second-order valence-electron chi connectivity index (χ2n) is 8.16. The van der Waals surface area contributed by atoms with Crippen molar-refractivity contribution in [3.8, 4) is 0 Å². The van der Waals surface area contributed by atoms with Gasteiger partial charge in [-0.1, -0.05) is 12.1 Å². The van der Waals surface area contributed by atoms with Crippen LogP contribution >= 0.6 is 0 Å². The normalized spacial score (nSPS) is 18.5. The molecule has 1 heterocycles. The molecule has 0 saturated carbocycles. The third-order valence-corrected chi connectivity index (χ3v) is 7.25. The molecule has 0 spiro atoms. The number of likely N-dealkylation sites (N-methyl/N-ethyl adjacent to an activating group) is 1. The number of sulfonamides is 1. The number of hydrogen-bond donors (Lipinski definition) is 1. The molecule has 0 aliphatic carbocycles. The lowest BCUT2D eigenvalue weighted by atomic mass is 9.95. The topological polar surface area (TPSA) is 98.2 Å². The molecule has 1 aliphatic heterocycles. The summed E-state index contributed by atoms with van der Waals surface area (Å²) in [5.41, 5.74) is 0.529. The number of nitrogens with zero attached hydrogens (tertiary/aromatic N) is 3. The van der Waals surface area contributed by atoms with Crippen LogP contribution in [0.5, 0.6) is 0 Å². The number of benzene rings is 2. The third kappa shape index (κ3) is 4.82. The van der Waals surface area contributed by atoms with Gasteiger partial charge >= 0.3 is 0 Å². The maximum absolute atomic E-state index is 13.5. The Kier molecular flexibility index (Phi) is 7.01. The summed E-state index contributed by atoms with van der Waals surface area (Å²) in [6.45, 7) is 0.693. The van der Waals surface area contributed by atoms with Crippen LogP contribution in [-0.2, 0) is 19.6 Å². The molecule has 1 atom stereocenters. The summed E-state index contributed by atoms with van der Waals surface area (Å²) in [6, 6.07) is 9.87. The fraction of sp³-hybridized carbons (Fsp3) is 0.304. The number of carbonyl (C=O) groups is 2. The van der Waals surface area contributed by atoms with Gasteiger partial charge in [-0.25, -0.2) is 17.1 Å². The van der Waals surface area contributed by atoms with Gasteiger partial charge in [0.25, 0.3) is 11.7 Å². The predicted octanol–water partition coefficient (Wildman–Crippen LogP) is 2.06. The van der Waals surface area contributed by atoms with E-state index in [0.29, 0.717) is 12.1 Å². The Morgan fingerprint density at radius 1 is 1.00 bits per heavy atom. The molecular formula is C23H26FN3O5S. The monoisotopic (exact) mass is 475 g/mol. The van der Waals surface area contributed by atoms with Crippen LogP contribution in [0.4, 0.5) is 4.39 Å². The Bertz CT molecular complexity index is 1190. The molecule has 1 saturated heterocycles. The molecule has 2 aromatic carbocycles.